The minimum atomic E-state index is -0.907. The largest absolute Gasteiger partial charge is 0.467 e. The third-order valence-corrected chi connectivity index (χ3v) is 5.72. The van der Waals surface area contributed by atoms with Crippen LogP contribution in [0.5, 0.6) is 0 Å². The van der Waals surface area contributed by atoms with Gasteiger partial charge in [0.2, 0.25) is 0 Å². The fraction of sp³-hybridized carbons (Fsp3) is 0.783. The van der Waals surface area contributed by atoms with Crippen LogP contribution < -0.4 is 0 Å². The number of ether oxygens (including phenoxy) is 2. The van der Waals surface area contributed by atoms with Gasteiger partial charge in [0, 0.05) is 25.4 Å². The highest BCUT2D eigenvalue weighted by molar-refractivity contribution is 5.70. The minimum Gasteiger partial charge on any atom is -0.467 e. The maximum Gasteiger partial charge on any atom is 0.331 e. The predicted molar refractivity (Wildman–Crippen MR) is 112 cm³/mol. The number of terminal acetylenes is 1. The smallest absolute Gasteiger partial charge is 0.331 e. The highest BCUT2D eigenvalue weighted by Crippen LogP contribution is 2.37. The van der Waals surface area contributed by atoms with Crippen LogP contribution in [0, 0.1) is 24.2 Å². The van der Waals surface area contributed by atoms with Crippen molar-refractivity contribution in [1.82, 2.24) is 0 Å². The molecule has 1 aliphatic carbocycles. The first-order chi connectivity index (χ1) is 13.9. The molecular formula is C23H38O6. The molecule has 0 bridgehead atoms. The van der Waals surface area contributed by atoms with E-state index in [0.717, 1.165) is 32.1 Å². The van der Waals surface area contributed by atoms with Gasteiger partial charge in [0.25, 0.3) is 0 Å². The van der Waals surface area contributed by atoms with Crippen LogP contribution in [0.3, 0.4) is 0 Å². The van der Waals surface area contributed by atoms with Crippen LogP contribution in [-0.4, -0.2) is 59.4 Å². The van der Waals surface area contributed by atoms with Crippen molar-refractivity contribution in [3.8, 4) is 12.3 Å². The Labute approximate surface area is 175 Å². The van der Waals surface area contributed by atoms with E-state index in [9.17, 15) is 20.1 Å². The SMILES string of the molecule is C#CCC(O)(CC=C[C@@H]1[C@@H](CCCCOCC(=O)OC)[C@@H](O)C[C@H]1O)CCCC. The van der Waals surface area contributed by atoms with Crippen LogP contribution >= 0.6 is 0 Å². The summed E-state index contributed by atoms with van der Waals surface area (Å²) >= 11 is 0. The monoisotopic (exact) mass is 410 g/mol. The maximum atomic E-state index is 11.0. The molecule has 5 atom stereocenters. The number of unbranched alkanes of at least 4 members (excludes halogenated alkanes) is 2. The Morgan fingerprint density at radius 1 is 1.28 bits per heavy atom. The van der Waals surface area contributed by atoms with Crippen LogP contribution in [0.15, 0.2) is 12.2 Å². The number of hydrogen-bond donors (Lipinski definition) is 3. The van der Waals surface area contributed by atoms with E-state index in [1.54, 1.807) is 0 Å². The van der Waals surface area contributed by atoms with Gasteiger partial charge in [0.15, 0.2) is 0 Å². The fourth-order valence-corrected chi connectivity index (χ4v) is 3.98. The van der Waals surface area contributed by atoms with E-state index < -0.39 is 23.8 Å². The molecule has 1 unspecified atom stereocenters. The highest BCUT2D eigenvalue weighted by Gasteiger charge is 2.39. The molecule has 0 aromatic rings. The van der Waals surface area contributed by atoms with Crippen LogP contribution in [0.25, 0.3) is 0 Å². The average Bonchev–Trinajstić information content (AvgIpc) is 2.95. The van der Waals surface area contributed by atoms with Crippen LogP contribution in [0.1, 0.15) is 64.7 Å². The number of carbonyl (C=O) groups is 1. The summed E-state index contributed by atoms with van der Waals surface area (Å²) in [5.41, 5.74) is -0.907. The first kappa shape index (κ1) is 25.6. The molecule has 1 aliphatic rings. The van der Waals surface area contributed by atoms with Gasteiger partial charge < -0.3 is 24.8 Å². The Balaban J connectivity index is 2.51. The quantitative estimate of drug-likeness (QED) is 0.176. The summed E-state index contributed by atoms with van der Waals surface area (Å²) in [4.78, 5) is 11.0. The van der Waals surface area contributed by atoms with E-state index in [1.807, 2.05) is 12.2 Å². The molecule has 166 valence electrons. The van der Waals surface area contributed by atoms with Crippen molar-refractivity contribution < 1.29 is 29.6 Å². The standard InChI is InChI=1S/C23H38O6/c1-4-6-13-23(27,12-5-2)14-9-11-19-18(20(24)16-21(19)25)10-7-8-15-29-17-22(26)28-3/h2,9,11,18-21,24-25,27H,4,6-8,10,12-17H2,1,3H3/t18-,19-,20+,21-,23?/m1/s1. The summed E-state index contributed by atoms with van der Waals surface area (Å²) < 4.78 is 9.75. The zero-order valence-corrected chi connectivity index (χ0v) is 17.9. The number of aliphatic hydroxyl groups excluding tert-OH is 2. The topological polar surface area (TPSA) is 96.2 Å². The Morgan fingerprint density at radius 3 is 2.69 bits per heavy atom. The molecule has 0 radical (unpaired) electrons. The van der Waals surface area contributed by atoms with Gasteiger partial charge in [-0.3, -0.25) is 0 Å². The van der Waals surface area contributed by atoms with Gasteiger partial charge in [-0.2, -0.15) is 0 Å². The van der Waals surface area contributed by atoms with Gasteiger partial charge in [0.05, 0.1) is 24.9 Å². The molecule has 0 aromatic carbocycles. The lowest BCUT2D eigenvalue weighted by Crippen LogP contribution is -2.27. The molecule has 0 aromatic heterocycles. The number of carbonyl (C=O) groups excluding carboxylic acids is 1. The van der Waals surface area contributed by atoms with E-state index in [0.29, 0.717) is 32.3 Å². The number of esters is 1. The van der Waals surface area contributed by atoms with Gasteiger partial charge in [-0.05, 0) is 31.6 Å². The lowest BCUT2D eigenvalue weighted by molar-refractivity contribution is -0.145. The van der Waals surface area contributed by atoms with Gasteiger partial charge >= 0.3 is 5.97 Å². The fourth-order valence-electron chi connectivity index (χ4n) is 3.98. The summed E-state index contributed by atoms with van der Waals surface area (Å²) in [7, 11) is 1.32. The Morgan fingerprint density at radius 2 is 2.03 bits per heavy atom. The molecule has 0 spiro atoms. The predicted octanol–water partition coefficient (Wildman–Crippen LogP) is 2.60. The summed E-state index contributed by atoms with van der Waals surface area (Å²) in [6.07, 6.45) is 14.2. The third kappa shape index (κ3) is 9.31. The van der Waals surface area contributed by atoms with E-state index in [4.69, 9.17) is 11.2 Å². The molecule has 1 fully saturated rings. The molecule has 0 aliphatic heterocycles. The molecule has 29 heavy (non-hydrogen) atoms. The maximum absolute atomic E-state index is 11.0. The van der Waals surface area contributed by atoms with E-state index in [-0.39, 0.29) is 18.4 Å². The second kappa shape index (κ2) is 13.8. The van der Waals surface area contributed by atoms with Crippen LogP contribution in [0.2, 0.25) is 0 Å². The molecule has 0 saturated heterocycles. The molecule has 6 nitrogen and oxygen atoms in total. The Hall–Kier alpha value is -1.39. The minimum absolute atomic E-state index is 0.0294. The molecule has 0 heterocycles. The van der Waals surface area contributed by atoms with E-state index >= 15 is 0 Å². The van der Waals surface area contributed by atoms with Crippen molar-refractivity contribution in [2.45, 2.75) is 82.5 Å². The normalized spacial score (nSPS) is 26.3. The molecule has 1 rings (SSSR count). The van der Waals surface area contributed by atoms with E-state index in [2.05, 4.69) is 17.6 Å². The van der Waals surface area contributed by atoms with Crippen molar-refractivity contribution in [3.63, 3.8) is 0 Å². The van der Waals surface area contributed by atoms with Crippen molar-refractivity contribution in [2.75, 3.05) is 20.3 Å². The highest BCUT2D eigenvalue weighted by atomic mass is 16.6. The second-order valence-corrected chi connectivity index (χ2v) is 8.08. The number of hydrogen-bond acceptors (Lipinski definition) is 6. The Kier molecular flexibility index (Phi) is 12.2. The molecule has 6 heteroatoms. The molecule has 3 N–H and O–H groups in total. The zero-order chi connectivity index (χ0) is 21.7. The third-order valence-electron chi connectivity index (χ3n) is 5.72. The average molecular weight is 411 g/mol. The number of methoxy groups -OCH3 is 1. The lowest BCUT2D eigenvalue weighted by Gasteiger charge is -2.25. The summed E-state index contributed by atoms with van der Waals surface area (Å²) in [6.45, 7) is 2.48. The van der Waals surface area contributed by atoms with Gasteiger partial charge in [-0.25, -0.2) is 4.79 Å². The van der Waals surface area contributed by atoms with Crippen molar-refractivity contribution in [2.24, 2.45) is 11.8 Å². The molecular weight excluding hydrogens is 372 g/mol. The van der Waals surface area contributed by atoms with Gasteiger partial charge in [0.1, 0.15) is 6.61 Å². The van der Waals surface area contributed by atoms with Crippen molar-refractivity contribution >= 4 is 5.97 Å². The lowest BCUT2D eigenvalue weighted by atomic mass is 9.86. The number of rotatable bonds is 14. The van der Waals surface area contributed by atoms with Gasteiger partial charge in [-0.1, -0.05) is 38.3 Å². The first-order valence-corrected chi connectivity index (χ1v) is 10.7. The second-order valence-electron chi connectivity index (χ2n) is 8.08. The summed E-state index contributed by atoms with van der Waals surface area (Å²) in [6, 6.07) is 0. The van der Waals surface area contributed by atoms with E-state index in [1.165, 1.54) is 7.11 Å². The summed E-state index contributed by atoms with van der Waals surface area (Å²) in [5, 5.41) is 31.4. The van der Waals surface area contributed by atoms with Crippen molar-refractivity contribution in [1.29, 1.82) is 0 Å². The zero-order valence-electron chi connectivity index (χ0n) is 17.9. The molecule has 1 saturated carbocycles. The van der Waals surface area contributed by atoms with Crippen LogP contribution in [-0.2, 0) is 14.3 Å². The van der Waals surface area contributed by atoms with Gasteiger partial charge in [-0.15, -0.1) is 12.3 Å². The first-order valence-electron chi connectivity index (χ1n) is 10.7. The van der Waals surface area contributed by atoms with Crippen LogP contribution in [0.4, 0.5) is 0 Å². The molecule has 0 amide bonds. The Bertz CT molecular complexity index is 540. The van der Waals surface area contributed by atoms with Crippen molar-refractivity contribution in [3.05, 3.63) is 12.2 Å². The summed E-state index contributed by atoms with van der Waals surface area (Å²) in [5.74, 6) is 2.00. The number of aliphatic hydroxyl groups is 3.